The van der Waals surface area contributed by atoms with Gasteiger partial charge in [-0.3, -0.25) is 0 Å². The zero-order valence-electron chi connectivity index (χ0n) is 15.4. The first-order chi connectivity index (χ1) is 10.4. The predicted octanol–water partition coefficient (Wildman–Crippen LogP) is 1.38. The van der Waals surface area contributed by atoms with Gasteiger partial charge < -0.3 is 9.66 Å². The molecule has 1 N–H and O–H groups in total. The fourth-order valence-corrected chi connectivity index (χ4v) is 3.76. The van der Waals surface area contributed by atoms with E-state index in [-0.39, 0.29) is 51.4 Å². The first-order valence-electron chi connectivity index (χ1n) is 9.06. The van der Waals surface area contributed by atoms with Gasteiger partial charge in [0.15, 0.2) is 0 Å². The van der Waals surface area contributed by atoms with E-state index in [4.69, 9.17) is 0 Å². The minimum atomic E-state index is -4.40. The summed E-state index contributed by atoms with van der Waals surface area (Å²) in [6.07, 6.45) is 11.6. The van der Waals surface area contributed by atoms with Gasteiger partial charge >= 0.3 is 51.4 Å². The number of hydrogen-bond donors (Lipinski definition) is 1. The van der Waals surface area contributed by atoms with E-state index in [1.54, 1.807) is 0 Å². The normalized spacial score (nSPS) is 14.3. The number of rotatable bonds is 15. The first kappa shape index (κ1) is 26.7. The Kier molecular flexibility index (Phi) is 19.7. The van der Waals surface area contributed by atoms with Crippen molar-refractivity contribution in [3.8, 4) is 0 Å². The van der Waals surface area contributed by atoms with Crippen LogP contribution in [0.4, 0.5) is 0 Å². The molecule has 0 aliphatic carbocycles. The average molecular weight is 375 g/mol. The standard InChI is InChI=1S/C17H36O4S.K/c1-3-5-7-8-9-10-11-12-13-15-17(22(19,20)21)16(18)14-6-4-2;/h16-18H,3-15H2,1-2H3,(H,19,20,21);/q;+1/p-1. The molecular weight excluding hydrogens is 339 g/mol. The van der Waals surface area contributed by atoms with Gasteiger partial charge in [0.25, 0.3) is 0 Å². The minimum absolute atomic E-state index is 0. The Morgan fingerprint density at radius 3 is 1.65 bits per heavy atom. The molecule has 0 amide bonds. The van der Waals surface area contributed by atoms with Crippen molar-refractivity contribution in [2.45, 2.75) is 109 Å². The fraction of sp³-hybridized carbons (Fsp3) is 1.00. The van der Waals surface area contributed by atoms with E-state index in [9.17, 15) is 18.1 Å². The molecule has 0 aromatic heterocycles. The molecule has 6 heteroatoms. The topological polar surface area (TPSA) is 77.4 Å². The molecule has 2 atom stereocenters. The van der Waals surface area contributed by atoms with Gasteiger partial charge in [0, 0.05) is 0 Å². The third-order valence-electron chi connectivity index (χ3n) is 4.25. The largest absolute Gasteiger partial charge is 1.00 e. The maximum absolute atomic E-state index is 11.3. The number of aliphatic hydroxyl groups is 1. The van der Waals surface area contributed by atoms with Crippen LogP contribution in [0.15, 0.2) is 0 Å². The van der Waals surface area contributed by atoms with Gasteiger partial charge in [-0.05, 0) is 12.8 Å². The van der Waals surface area contributed by atoms with Gasteiger partial charge in [-0.25, -0.2) is 8.42 Å². The monoisotopic (exact) mass is 374 g/mol. The first-order valence-corrected chi connectivity index (χ1v) is 10.5. The number of hydrogen-bond acceptors (Lipinski definition) is 4. The third-order valence-corrected chi connectivity index (χ3v) is 5.54. The summed E-state index contributed by atoms with van der Waals surface area (Å²) in [7, 11) is -4.40. The SMILES string of the molecule is CCCCCCCCCCCC(C(O)CCCC)S(=O)(=O)[O-].[K+]. The van der Waals surface area contributed by atoms with Crippen LogP contribution in [0.2, 0.25) is 0 Å². The molecule has 0 aliphatic rings. The molecule has 0 spiro atoms. The second-order valence-electron chi connectivity index (χ2n) is 6.36. The van der Waals surface area contributed by atoms with Gasteiger partial charge in [-0.2, -0.15) is 0 Å². The molecular formula is C17H35KO4S. The summed E-state index contributed by atoms with van der Waals surface area (Å²) in [4.78, 5) is 0. The van der Waals surface area contributed by atoms with Crippen LogP contribution in [0.25, 0.3) is 0 Å². The molecule has 0 bridgehead atoms. The van der Waals surface area contributed by atoms with Crippen LogP contribution in [0.1, 0.15) is 97.3 Å². The van der Waals surface area contributed by atoms with Crippen LogP contribution < -0.4 is 51.4 Å². The van der Waals surface area contributed by atoms with Crippen LogP contribution in [-0.2, 0) is 10.1 Å². The maximum Gasteiger partial charge on any atom is 1.00 e. The smallest absolute Gasteiger partial charge is 0.748 e. The molecule has 0 aromatic rings. The summed E-state index contributed by atoms with van der Waals surface area (Å²) in [5.74, 6) is 0. The van der Waals surface area contributed by atoms with E-state index >= 15 is 0 Å². The maximum atomic E-state index is 11.3. The molecule has 0 saturated heterocycles. The summed E-state index contributed by atoms with van der Waals surface area (Å²) in [6.45, 7) is 4.18. The Morgan fingerprint density at radius 2 is 1.22 bits per heavy atom. The van der Waals surface area contributed by atoms with E-state index in [1.165, 1.54) is 38.5 Å². The van der Waals surface area contributed by atoms with Crippen LogP contribution in [0, 0.1) is 0 Å². The van der Waals surface area contributed by atoms with Crippen molar-refractivity contribution in [1.82, 2.24) is 0 Å². The van der Waals surface area contributed by atoms with Crippen molar-refractivity contribution in [3.63, 3.8) is 0 Å². The fourth-order valence-electron chi connectivity index (χ4n) is 2.78. The van der Waals surface area contributed by atoms with Crippen molar-refractivity contribution in [3.05, 3.63) is 0 Å². The number of aliphatic hydroxyl groups excluding tert-OH is 1. The minimum Gasteiger partial charge on any atom is -0.748 e. The molecule has 0 aliphatic heterocycles. The van der Waals surface area contributed by atoms with Gasteiger partial charge in [0.05, 0.1) is 11.4 Å². The Morgan fingerprint density at radius 1 is 0.783 bits per heavy atom. The third kappa shape index (κ3) is 15.5. The summed E-state index contributed by atoms with van der Waals surface area (Å²) >= 11 is 0. The predicted molar refractivity (Wildman–Crippen MR) is 90.9 cm³/mol. The number of unbranched alkanes of at least 4 members (excludes halogenated alkanes) is 9. The van der Waals surface area contributed by atoms with Crippen molar-refractivity contribution in [1.29, 1.82) is 0 Å². The van der Waals surface area contributed by atoms with Crippen molar-refractivity contribution in [2.24, 2.45) is 0 Å². The van der Waals surface area contributed by atoms with E-state index in [0.29, 0.717) is 19.3 Å². The van der Waals surface area contributed by atoms with Crippen LogP contribution >= 0.6 is 0 Å². The van der Waals surface area contributed by atoms with E-state index < -0.39 is 21.5 Å². The Bertz CT molecular complexity index is 347. The van der Waals surface area contributed by atoms with Gasteiger partial charge in [-0.1, -0.05) is 84.5 Å². The quantitative estimate of drug-likeness (QED) is 0.267. The second-order valence-corrected chi connectivity index (χ2v) is 7.95. The Labute approximate surface area is 186 Å². The van der Waals surface area contributed by atoms with Gasteiger partial charge in [-0.15, -0.1) is 0 Å². The molecule has 0 heterocycles. The van der Waals surface area contributed by atoms with Crippen LogP contribution in [0.5, 0.6) is 0 Å². The molecule has 0 radical (unpaired) electrons. The van der Waals surface area contributed by atoms with Crippen molar-refractivity contribution in [2.75, 3.05) is 0 Å². The second kappa shape index (κ2) is 16.9. The average Bonchev–Trinajstić information content (AvgIpc) is 2.45. The summed E-state index contributed by atoms with van der Waals surface area (Å²) < 4.78 is 33.9. The molecule has 23 heavy (non-hydrogen) atoms. The molecule has 0 saturated carbocycles. The van der Waals surface area contributed by atoms with Crippen molar-refractivity contribution >= 4 is 10.1 Å². The van der Waals surface area contributed by atoms with Crippen molar-refractivity contribution < 1.29 is 69.5 Å². The van der Waals surface area contributed by atoms with Crippen LogP contribution in [0.3, 0.4) is 0 Å². The van der Waals surface area contributed by atoms with E-state index in [1.807, 2.05) is 6.92 Å². The Balaban J connectivity index is 0. The molecule has 134 valence electrons. The Hall–Kier alpha value is 1.51. The molecule has 0 rings (SSSR count). The van der Waals surface area contributed by atoms with E-state index in [2.05, 4.69) is 6.92 Å². The molecule has 2 unspecified atom stereocenters. The summed E-state index contributed by atoms with van der Waals surface area (Å²) in [5, 5.41) is 8.80. The molecule has 0 aromatic carbocycles. The summed E-state index contributed by atoms with van der Waals surface area (Å²) in [5.41, 5.74) is 0. The molecule has 4 nitrogen and oxygen atoms in total. The molecule has 0 fully saturated rings. The van der Waals surface area contributed by atoms with Gasteiger partial charge in [0.1, 0.15) is 10.1 Å². The van der Waals surface area contributed by atoms with Crippen LogP contribution in [-0.4, -0.2) is 29.4 Å². The van der Waals surface area contributed by atoms with E-state index in [0.717, 1.165) is 25.7 Å². The van der Waals surface area contributed by atoms with Gasteiger partial charge in [0.2, 0.25) is 0 Å². The summed E-state index contributed by atoms with van der Waals surface area (Å²) in [6, 6.07) is 0. The zero-order chi connectivity index (χ0) is 16.8. The zero-order valence-corrected chi connectivity index (χ0v) is 19.4.